The highest BCUT2D eigenvalue weighted by atomic mass is 79.9. The van der Waals surface area contributed by atoms with Gasteiger partial charge in [0.2, 0.25) is 5.91 Å². The van der Waals surface area contributed by atoms with E-state index in [9.17, 15) is 32.7 Å². The number of hydrogen-bond acceptors (Lipinski definition) is 5. The molecule has 5 rings (SSSR count). The second-order valence-corrected chi connectivity index (χ2v) is 12.8. The van der Waals surface area contributed by atoms with Crippen LogP contribution in [0.3, 0.4) is 0 Å². The molecule has 2 N–H and O–H groups in total. The summed E-state index contributed by atoms with van der Waals surface area (Å²) in [6, 6.07) is 10.5. The van der Waals surface area contributed by atoms with Gasteiger partial charge in [-0.1, -0.05) is 39.7 Å². The summed E-state index contributed by atoms with van der Waals surface area (Å²) in [5, 5.41) is 13.5. The van der Waals surface area contributed by atoms with E-state index in [1.165, 1.54) is 24.3 Å². The van der Waals surface area contributed by atoms with Crippen molar-refractivity contribution >= 4 is 39.4 Å². The summed E-state index contributed by atoms with van der Waals surface area (Å²) in [6.45, 7) is 3.37. The number of hydrogen-bond donors (Lipinski definition) is 2. The van der Waals surface area contributed by atoms with Crippen molar-refractivity contribution in [2.45, 2.75) is 57.3 Å². The summed E-state index contributed by atoms with van der Waals surface area (Å²) in [5.74, 6) is -2.54. The average Bonchev–Trinajstić information content (AvgIpc) is 3.85. The van der Waals surface area contributed by atoms with E-state index in [1.54, 1.807) is 38.1 Å². The van der Waals surface area contributed by atoms with Crippen LogP contribution in [0.25, 0.3) is 11.1 Å². The van der Waals surface area contributed by atoms with Gasteiger partial charge >= 0.3 is 12.1 Å². The Morgan fingerprint density at radius 3 is 2.46 bits per heavy atom. The van der Waals surface area contributed by atoms with Crippen molar-refractivity contribution in [3.05, 3.63) is 120 Å². The minimum atomic E-state index is -4.82. The Bertz CT molecular complexity index is 1920. The Morgan fingerprint density at radius 1 is 1.10 bits per heavy atom. The first kappa shape index (κ1) is 35.2. The molecule has 1 heterocycles. The van der Waals surface area contributed by atoms with Crippen molar-refractivity contribution in [1.29, 1.82) is 0 Å². The molecule has 1 aromatic heterocycles. The third-order valence-corrected chi connectivity index (χ3v) is 8.95. The number of carbonyl (C=O) groups excluding carboxylic acids is 2. The molecule has 1 amide bonds. The molecule has 0 radical (unpaired) electrons. The lowest BCUT2D eigenvalue weighted by Crippen LogP contribution is -2.40. The number of benzene rings is 3. The molecular formula is C35H30BrClF4N2O5. The highest BCUT2D eigenvalue weighted by Gasteiger charge is 2.36. The average molecular weight is 750 g/mol. The van der Waals surface area contributed by atoms with Gasteiger partial charge < -0.3 is 15.2 Å². The van der Waals surface area contributed by atoms with Crippen LogP contribution in [0.15, 0.2) is 76.1 Å². The van der Waals surface area contributed by atoms with Gasteiger partial charge in [-0.25, -0.2) is 4.39 Å². The number of amides is 1. The fourth-order valence-corrected chi connectivity index (χ4v) is 6.28. The lowest BCUT2D eigenvalue weighted by atomic mass is 9.90. The number of halogens is 6. The van der Waals surface area contributed by atoms with E-state index in [1.807, 2.05) is 0 Å². The number of nitrogens with one attached hydrogen (secondary N) is 1. The van der Waals surface area contributed by atoms with Crippen LogP contribution in [-0.4, -0.2) is 28.2 Å². The minimum Gasteiger partial charge on any atom is -0.507 e. The molecular weight excluding hydrogens is 720 g/mol. The number of pyridine rings is 1. The number of ether oxygens (including phenoxy) is 1. The van der Waals surface area contributed by atoms with Gasteiger partial charge in [0, 0.05) is 38.4 Å². The van der Waals surface area contributed by atoms with Crippen molar-refractivity contribution in [2.75, 3.05) is 6.61 Å². The first-order valence-corrected chi connectivity index (χ1v) is 16.2. The van der Waals surface area contributed by atoms with Crippen LogP contribution in [0, 0.1) is 12.7 Å². The van der Waals surface area contributed by atoms with Crippen molar-refractivity contribution in [2.24, 2.45) is 0 Å². The number of phenolic OH excluding ortho intramolecular Hbond substituents is 1. The highest BCUT2D eigenvalue weighted by Crippen LogP contribution is 2.46. The number of alkyl halides is 3. The van der Waals surface area contributed by atoms with Crippen LogP contribution in [0.5, 0.6) is 5.75 Å². The van der Waals surface area contributed by atoms with E-state index in [0.29, 0.717) is 38.9 Å². The van der Waals surface area contributed by atoms with Crippen molar-refractivity contribution in [3.63, 3.8) is 0 Å². The molecule has 0 saturated heterocycles. The van der Waals surface area contributed by atoms with Gasteiger partial charge in [0.05, 0.1) is 24.6 Å². The van der Waals surface area contributed by atoms with Crippen LogP contribution >= 0.6 is 27.5 Å². The number of aromatic nitrogens is 1. The number of aromatic hydroxyl groups is 1. The molecule has 48 heavy (non-hydrogen) atoms. The minimum absolute atomic E-state index is 0.00362. The summed E-state index contributed by atoms with van der Waals surface area (Å²) in [6.07, 6.45) is -3.07. The van der Waals surface area contributed by atoms with Crippen LogP contribution in [0.4, 0.5) is 17.6 Å². The van der Waals surface area contributed by atoms with Gasteiger partial charge in [-0.05, 0) is 91.8 Å². The Labute approximate surface area is 286 Å². The monoisotopic (exact) mass is 748 g/mol. The molecule has 1 saturated carbocycles. The largest absolute Gasteiger partial charge is 0.507 e. The molecule has 0 spiro atoms. The number of rotatable bonds is 10. The van der Waals surface area contributed by atoms with Crippen LogP contribution in [0.2, 0.25) is 5.02 Å². The molecule has 1 unspecified atom stereocenters. The molecule has 1 aliphatic rings. The second kappa shape index (κ2) is 14.1. The molecule has 1 fully saturated rings. The standard InChI is InChI=1S/C35H30BrClF4N2O5/c1-3-48-30(46)17-27(25-14-20(13-23(32(25)38)19-7-8-19)31-18(2)5-4-6-28(31)44)42-34(47)33(24-16-22(36)9-10-26(24)37)43-12-11-21(15-29(43)45)35(39,40)41/h4-6,9-16,19,27,33,44H,3,7-8,17H2,1-2H3,(H,42,47)/t27-,33?/m0/s1. The first-order valence-electron chi connectivity index (χ1n) is 15.0. The fourth-order valence-electron chi connectivity index (χ4n) is 5.68. The highest BCUT2D eigenvalue weighted by molar-refractivity contribution is 9.10. The van der Waals surface area contributed by atoms with E-state index < -0.39 is 53.5 Å². The van der Waals surface area contributed by atoms with E-state index in [2.05, 4.69) is 21.2 Å². The Kier molecular flexibility index (Phi) is 10.4. The van der Waals surface area contributed by atoms with E-state index >= 15 is 4.39 Å². The molecule has 0 aliphatic heterocycles. The lowest BCUT2D eigenvalue weighted by Gasteiger charge is -2.26. The summed E-state index contributed by atoms with van der Waals surface area (Å²) >= 11 is 9.77. The Morgan fingerprint density at radius 2 is 1.83 bits per heavy atom. The van der Waals surface area contributed by atoms with Crippen LogP contribution in [-0.2, 0) is 20.5 Å². The quantitative estimate of drug-likeness (QED) is 0.126. The predicted molar refractivity (Wildman–Crippen MR) is 175 cm³/mol. The topological polar surface area (TPSA) is 97.6 Å². The number of nitrogens with zero attached hydrogens (tertiary/aromatic N) is 1. The third-order valence-electron chi connectivity index (χ3n) is 8.11. The number of carbonyl (C=O) groups is 2. The maximum absolute atomic E-state index is 16.4. The molecule has 0 bridgehead atoms. The SMILES string of the molecule is CCOC(=O)C[C@H](NC(=O)C(c1cc(Br)ccc1Cl)n1ccc(C(F)(F)F)cc1=O)c1cc(-c2c(C)cccc2O)cc(C2CC2)c1F. The maximum Gasteiger partial charge on any atom is 0.416 e. The van der Waals surface area contributed by atoms with Crippen LogP contribution < -0.4 is 10.9 Å². The van der Waals surface area contributed by atoms with E-state index in [4.69, 9.17) is 16.3 Å². The van der Waals surface area contributed by atoms with E-state index in [0.717, 1.165) is 23.6 Å². The number of phenols is 1. The molecule has 252 valence electrons. The zero-order valence-electron chi connectivity index (χ0n) is 25.7. The number of aryl methyl sites for hydroxylation is 1. The summed E-state index contributed by atoms with van der Waals surface area (Å²) in [4.78, 5) is 40.3. The van der Waals surface area contributed by atoms with Gasteiger partial charge in [-0.3, -0.25) is 19.0 Å². The molecule has 2 atom stereocenters. The van der Waals surface area contributed by atoms with Gasteiger partial charge in [0.25, 0.3) is 5.56 Å². The fraction of sp³-hybridized carbons (Fsp3) is 0.286. The lowest BCUT2D eigenvalue weighted by molar-refractivity contribution is -0.144. The van der Waals surface area contributed by atoms with Crippen molar-refractivity contribution in [1.82, 2.24) is 9.88 Å². The molecule has 13 heteroatoms. The van der Waals surface area contributed by atoms with Gasteiger partial charge in [-0.2, -0.15) is 13.2 Å². The summed E-state index contributed by atoms with van der Waals surface area (Å²) < 4.78 is 63.1. The zero-order chi connectivity index (χ0) is 34.9. The molecule has 4 aromatic rings. The molecule has 7 nitrogen and oxygen atoms in total. The third kappa shape index (κ3) is 7.60. The zero-order valence-corrected chi connectivity index (χ0v) is 28.0. The number of esters is 1. The van der Waals surface area contributed by atoms with Crippen molar-refractivity contribution < 1.29 is 37.0 Å². The van der Waals surface area contributed by atoms with Gasteiger partial charge in [0.1, 0.15) is 17.6 Å². The molecule has 3 aromatic carbocycles. The molecule has 1 aliphatic carbocycles. The Hall–Kier alpha value is -4.16. The summed E-state index contributed by atoms with van der Waals surface area (Å²) in [7, 11) is 0. The first-order chi connectivity index (χ1) is 22.7. The van der Waals surface area contributed by atoms with Crippen LogP contribution in [0.1, 0.15) is 72.0 Å². The van der Waals surface area contributed by atoms with Gasteiger partial charge in [-0.15, -0.1) is 0 Å². The summed E-state index contributed by atoms with van der Waals surface area (Å²) in [5.41, 5.74) is -0.438. The predicted octanol–water partition coefficient (Wildman–Crippen LogP) is 8.38. The smallest absolute Gasteiger partial charge is 0.416 e. The second-order valence-electron chi connectivity index (χ2n) is 11.5. The van der Waals surface area contributed by atoms with Crippen molar-refractivity contribution in [3.8, 4) is 16.9 Å². The van der Waals surface area contributed by atoms with Gasteiger partial charge in [0.15, 0.2) is 0 Å². The van der Waals surface area contributed by atoms with E-state index in [-0.39, 0.29) is 34.4 Å². The Balaban J connectivity index is 1.67. The maximum atomic E-state index is 16.4. The normalized spacial score (nSPS) is 14.3.